The topological polar surface area (TPSA) is 15.3 Å². The number of likely N-dealkylation sites (N-methyl/N-ethyl adjacent to an activating group) is 1. The quantitative estimate of drug-likeness (QED) is 0.858. The first kappa shape index (κ1) is 15.5. The number of hydrogen-bond acceptors (Lipinski definition) is 2. The smallest absolute Gasteiger partial charge is 0.126 e. The lowest BCUT2D eigenvalue weighted by Gasteiger charge is -2.27. The highest BCUT2D eigenvalue weighted by Crippen LogP contribution is 2.33. The molecular formula is C17H27FN2. The van der Waals surface area contributed by atoms with E-state index in [2.05, 4.69) is 44.2 Å². The SMILES string of the molecule is CC(C)CC(CN(C)C)NC1CCc2c(F)cccc21. The van der Waals surface area contributed by atoms with E-state index in [0.29, 0.717) is 18.0 Å². The number of fused-ring (bicyclic) bond motifs is 1. The normalized spacial score (nSPS) is 19.6. The van der Waals surface area contributed by atoms with Crippen LogP contribution in [0.4, 0.5) is 4.39 Å². The Labute approximate surface area is 122 Å². The van der Waals surface area contributed by atoms with Crippen LogP contribution >= 0.6 is 0 Å². The lowest BCUT2D eigenvalue weighted by atomic mass is 10.0. The van der Waals surface area contributed by atoms with E-state index in [0.717, 1.165) is 36.9 Å². The summed E-state index contributed by atoms with van der Waals surface area (Å²) in [6.07, 6.45) is 3.02. The first-order valence-electron chi connectivity index (χ1n) is 7.65. The molecule has 0 radical (unpaired) electrons. The Morgan fingerprint density at radius 1 is 1.35 bits per heavy atom. The summed E-state index contributed by atoms with van der Waals surface area (Å²) < 4.78 is 13.8. The molecule has 0 saturated carbocycles. The van der Waals surface area contributed by atoms with Crippen molar-refractivity contribution in [3.63, 3.8) is 0 Å². The predicted octanol–water partition coefficient (Wildman–Crippen LogP) is 3.38. The molecular weight excluding hydrogens is 251 g/mol. The molecule has 1 aliphatic rings. The third-order valence-corrected chi connectivity index (χ3v) is 3.99. The zero-order valence-corrected chi connectivity index (χ0v) is 13.1. The molecule has 0 bridgehead atoms. The standard InChI is InChI=1S/C17H27FN2/c1-12(2)10-13(11-20(3)4)19-17-9-8-14-15(17)6-5-7-16(14)18/h5-7,12-13,17,19H,8-11H2,1-4H3. The van der Waals surface area contributed by atoms with Gasteiger partial charge in [0.1, 0.15) is 5.82 Å². The summed E-state index contributed by atoms with van der Waals surface area (Å²) in [5.74, 6) is 0.626. The van der Waals surface area contributed by atoms with Crippen LogP contribution in [-0.2, 0) is 6.42 Å². The Bertz CT molecular complexity index is 433. The van der Waals surface area contributed by atoms with Gasteiger partial charge >= 0.3 is 0 Å². The van der Waals surface area contributed by atoms with Gasteiger partial charge in [-0.05, 0) is 56.5 Å². The van der Waals surface area contributed by atoms with Crippen molar-refractivity contribution in [2.45, 2.75) is 45.2 Å². The van der Waals surface area contributed by atoms with Crippen LogP contribution in [0.15, 0.2) is 18.2 Å². The highest BCUT2D eigenvalue weighted by molar-refractivity contribution is 5.35. The van der Waals surface area contributed by atoms with Crippen molar-refractivity contribution < 1.29 is 4.39 Å². The van der Waals surface area contributed by atoms with Gasteiger partial charge in [0.25, 0.3) is 0 Å². The Morgan fingerprint density at radius 3 is 2.75 bits per heavy atom. The van der Waals surface area contributed by atoms with E-state index in [1.54, 1.807) is 6.07 Å². The van der Waals surface area contributed by atoms with Crippen molar-refractivity contribution in [3.05, 3.63) is 35.1 Å². The number of hydrogen-bond donors (Lipinski definition) is 1. The molecule has 0 fully saturated rings. The predicted molar refractivity (Wildman–Crippen MR) is 82.4 cm³/mol. The largest absolute Gasteiger partial charge is 0.308 e. The van der Waals surface area contributed by atoms with E-state index in [1.807, 2.05) is 6.07 Å². The molecule has 0 heterocycles. The minimum absolute atomic E-state index is 0.0418. The Hall–Kier alpha value is -0.930. The highest BCUT2D eigenvalue weighted by Gasteiger charge is 2.27. The molecule has 3 heteroatoms. The molecule has 0 spiro atoms. The van der Waals surface area contributed by atoms with E-state index >= 15 is 0 Å². The van der Waals surface area contributed by atoms with Gasteiger partial charge in [-0.3, -0.25) is 0 Å². The second-order valence-electron chi connectivity index (χ2n) is 6.65. The van der Waals surface area contributed by atoms with Gasteiger partial charge < -0.3 is 10.2 Å². The van der Waals surface area contributed by atoms with Gasteiger partial charge in [-0.25, -0.2) is 4.39 Å². The second kappa shape index (κ2) is 6.68. The van der Waals surface area contributed by atoms with E-state index in [4.69, 9.17) is 0 Å². The van der Waals surface area contributed by atoms with Crippen LogP contribution < -0.4 is 5.32 Å². The summed E-state index contributed by atoms with van der Waals surface area (Å²) in [6, 6.07) is 6.25. The highest BCUT2D eigenvalue weighted by atomic mass is 19.1. The van der Waals surface area contributed by atoms with Crippen molar-refractivity contribution in [1.29, 1.82) is 0 Å². The van der Waals surface area contributed by atoms with Crippen molar-refractivity contribution in [1.82, 2.24) is 10.2 Å². The van der Waals surface area contributed by atoms with Crippen LogP contribution in [0.3, 0.4) is 0 Å². The van der Waals surface area contributed by atoms with Gasteiger partial charge in [-0.15, -0.1) is 0 Å². The molecule has 20 heavy (non-hydrogen) atoms. The molecule has 2 unspecified atom stereocenters. The molecule has 0 aliphatic heterocycles. The molecule has 0 aromatic heterocycles. The Kier molecular flexibility index (Phi) is 5.17. The summed E-state index contributed by atoms with van der Waals surface area (Å²) in [7, 11) is 4.22. The molecule has 2 rings (SSSR count). The molecule has 1 aliphatic carbocycles. The van der Waals surface area contributed by atoms with E-state index in [-0.39, 0.29) is 5.82 Å². The van der Waals surface area contributed by atoms with E-state index < -0.39 is 0 Å². The maximum absolute atomic E-state index is 13.8. The number of rotatable bonds is 6. The van der Waals surface area contributed by atoms with Crippen LogP contribution in [0.2, 0.25) is 0 Å². The maximum atomic E-state index is 13.8. The molecule has 1 aromatic rings. The van der Waals surface area contributed by atoms with Crippen LogP contribution in [0.25, 0.3) is 0 Å². The van der Waals surface area contributed by atoms with E-state index in [1.165, 1.54) is 0 Å². The van der Waals surface area contributed by atoms with Crippen molar-refractivity contribution in [2.75, 3.05) is 20.6 Å². The summed E-state index contributed by atoms with van der Waals surface area (Å²) in [6.45, 7) is 5.54. The molecule has 2 nitrogen and oxygen atoms in total. The number of nitrogens with one attached hydrogen (secondary N) is 1. The molecule has 0 saturated heterocycles. The third kappa shape index (κ3) is 3.80. The molecule has 112 valence electrons. The van der Waals surface area contributed by atoms with Gasteiger partial charge in [-0.1, -0.05) is 26.0 Å². The average molecular weight is 278 g/mol. The summed E-state index contributed by atoms with van der Waals surface area (Å²) >= 11 is 0. The molecule has 1 aromatic carbocycles. The van der Waals surface area contributed by atoms with Gasteiger partial charge in [0.2, 0.25) is 0 Å². The van der Waals surface area contributed by atoms with Crippen LogP contribution in [-0.4, -0.2) is 31.6 Å². The second-order valence-corrected chi connectivity index (χ2v) is 6.65. The monoisotopic (exact) mass is 278 g/mol. The molecule has 0 amide bonds. The fourth-order valence-electron chi connectivity index (χ4n) is 3.27. The molecule has 2 atom stereocenters. The number of benzene rings is 1. The Morgan fingerprint density at radius 2 is 2.10 bits per heavy atom. The van der Waals surface area contributed by atoms with Crippen LogP contribution in [0, 0.1) is 11.7 Å². The van der Waals surface area contributed by atoms with Gasteiger partial charge in [-0.2, -0.15) is 0 Å². The minimum atomic E-state index is -0.0418. The van der Waals surface area contributed by atoms with Crippen LogP contribution in [0.5, 0.6) is 0 Å². The van der Waals surface area contributed by atoms with E-state index in [9.17, 15) is 4.39 Å². The fraction of sp³-hybridized carbons (Fsp3) is 0.647. The molecule has 1 N–H and O–H groups in total. The lowest BCUT2D eigenvalue weighted by molar-refractivity contribution is 0.286. The number of halogens is 1. The van der Waals surface area contributed by atoms with Gasteiger partial charge in [0, 0.05) is 18.6 Å². The summed E-state index contributed by atoms with van der Waals surface area (Å²) in [5, 5.41) is 3.75. The van der Waals surface area contributed by atoms with Crippen LogP contribution in [0.1, 0.15) is 43.9 Å². The first-order valence-corrected chi connectivity index (χ1v) is 7.65. The first-order chi connectivity index (χ1) is 9.47. The summed E-state index contributed by atoms with van der Waals surface area (Å²) in [5.41, 5.74) is 2.08. The van der Waals surface area contributed by atoms with Gasteiger partial charge in [0.05, 0.1) is 0 Å². The average Bonchev–Trinajstić information content (AvgIpc) is 2.72. The number of nitrogens with zero attached hydrogens (tertiary/aromatic N) is 1. The third-order valence-electron chi connectivity index (χ3n) is 3.99. The maximum Gasteiger partial charge on any atom is 0.126 e. The zero-order valence-electron chi connectivity index (χ0n) is 13.1. The minimum Gasteiger partial charge on any atom is -0.308 e. The van der Waals surface area contributed by atoms with Crippen molar-refractivity contribution >= 4 is 0 Å². The van der Waals surface area contributed by atoms with Crippen molar-refractivity contribution in [2.24, 2.45) is 5.92 Å². The Balaban J connectivity index is 2.07. The zero-order chi connectivity index (χ0) is 14.7. The summed E-state index contributed by atoms with van der Waals surface area (Å²) in [4.78, 5) is 2.22. The fourth-order valence-corrected chi connectivity index (χ4v) is 3.27. The lowest BCUT2D eigenvalue weighted by Crippen LogP contribution is -2.40. The van der Waals surface area contributed by atoms with Gasteiger partial charge in [0.15, 0.2) is 0 Å². The van der Waals surface area contributed by atoms with Crippen molar-refractivity contribution in [3.8, 4) is 0 Å².